The van der Waals surface area contributed by atoms with Crippen LogP contribution in [0.5, 0.6) is 5.75 Å². The number of nitrogens with zero attached hydrogens (tertiary/aromatic N) is 4. The van der Waals surface area contributed by atoms with Crippen molar-refractivity contribution in [2.45, 2.75) is 52.4 Å². The first kappa shape index (κ1) is 22.8. The number of anilines is 1. The topological polar surface area (TPSA) is 113 Å². The molecule has 1 saturated heterocycles. The molecule has 9 nitrogen and oxygen atoms in total. The lowest BCUT2D eigenvalue weighted by Crippen LogP contribution is -2.41. The highest BCUT2D eigenvalue weighted by Crippen LogP contribution is 2.32. The summed E-state index contributed by atoms with van der Waals surface area (Å²) in [7, 11) is -3.15. The number of ether oxygens (including phenoxy) is 2. The Morgan fingerprint density at radius 2 is 1.94 bits per heavy atom. The van der Waals surface area contributed by atoms with E-state index in [-0.39, 0.29) is 6.10 Å². The van der Waals surface area contributed by atoms with Gasteiger partial charge < -0.3 is 19.8 Å². The Balaban J connectivity index is 1.64. The Labute approximate surface area is 188 Å². The Morgan fingerprint density at radius 3 is 2.59 bits per heavy atom. The van der Waals surface area contributed by atoms with E-state index in [9.17, 15) is 8.42 Å². The highest BCUT2D eigenvalue weighted by molar-refractivity contribution is 7.88. The maximum absolute atomic E-state index is 11.7. The van der Waals surface area contributed by atoms with Crippen LogP contribution in [-0.4, -0.2) is 59.3 Å². The van der Waals surface area contributed by atoms with Crippen LogP contribution in [0.25, 0.3) is 21.9 Å². The van der Waals surface area contributed by atoms with Crippen molar-refractivity contribution in [3.63, 3.8) is 0 Å². The van der Waals surface area contributed by atoms with Gasteiger partial charge in [0.05, 0.1) is 17.3 Å². The molecule has 0 unspecified atom stereocenters. The number of nitrogen functional groups attached to an aromatic ring is 1. The van der Waals surface area contributed by atoms with Gasteiger partial charge in [-0.05, 0) is 38.3 Å². The number of pyridine rings is 1. The average molecular weight is 462 g/mol. The maximum atomic E-state index is 11.7. The summed E-state index contributed by atoms with van der Waals surface area (Å²) in [5, 5.41) is 0.970. The first-order chi connectivity index (χ1) is 15.3. The quantitative estimate of drug-likeness (QED) is 0.549. The van der Waals surface area contributed by atoms with E-state index < -0.39 is 10.0 Å². The lowest BCUT2D eigenvalue weighted by Gasteiger charge is -2.30. The SMILES string of the molecule is CCCn1c(COCC)nc2c(N)nc3cc(OC4CCN(S(C)(=O)=O)CC4)ccc3c21. The van der Waals surface area contributed by atoms with E-state index in [4.69, 9.17) is 20.2 Å². The monoisotopic (exact) mass is 461 g/mol. The number of sulfonamides is 1. The number of rotatable bonds is 8. The first-order valence-corrected chi connectivity index (χ1v) is 12.9. The molecule has 0 radical (unpaired) electrons. The van der Waals surface area contributed by atoms with Crippen molar-refractivity contribution in [1.82, 2.24) is 18.8 Å². The highest BCUT2D eigenvalue weighted by Gasteiger charge is 2.26. The molecule has 3 aromatic rings. The van der Waals surface area contributed by atoms with Crippen molar-refractivity contribution in [3.05, 3.63) is 24.0 Å². The zero-order valence-electron chi connectivity index (χ0n) is 18.9. The molecule has 174 valence electrons. The predicted octanol–water partition coefficient (Wildman–Crippen LogP) is 2.92. The van der Waals surface area contributed by atoms with Gasteiger partial charge in [-0.2, -0.15) is 0 Å². The van der Waals surface area contributed by atoms with Crippen molar-refractivity contribution >= 4 is 37.8 Å². The van der Waals surface area contributed by atoms with Gasteiger partial charge in [-0.1, -0.05) is 6.92 Å². The molecule has 2 N–H and O–H groups in total. The molecule has 0 spiro atoms. The number of aromatic nitrogens is 3. The number of aryl methyl sites for hydroxylation is 1. The molecule has 4 rings (SSSR count). The van der Waals surface area contributed by atoms with Gasteiger partial charge in [0.1, 0.15) is 29.8 Å². The number of fused-ring (bicyclic) bond motifs is 3. The molecule has 0 amide bonds. The molecule has 1 aliphatic rings. The van der Waals surface area contributed by atoms with Gasteiger partial charge in [-0.25, -0.2) is 22.7 Å². The molecule has 0 aliphatic carbocycles. The van der Waals surface area contributed by atoms with E-state index in [2.05, 4.69) is 16.5 Å². The number of nitrogens with two attached hydrogens (primary N) is 1. The van der Waals surface area contributed by atoms with Crippen LogP contribution in [-0.2, 0) is 27.9 Å². The molecule has 10 heteroatoms. The molecule has 2 aromatic heterocycles. The van der Waals surface area contributed by atoms with Gasteiger partial charge in [0.15, 0.2) is 5.82 Å². The Hall–Kier alpha value is -2.43. The number of imidazole rings is 1. The maximum Gasteiger partial charge on any atom is 0.211 e. The van der Waals surface area contributed by atoms with Gasteiger partial charge in [-0.15, -0.1) is 0 Å². The van der Waals surface area contributed by atoms with Crippen LogP contribution in [0.4, 0.5) is 5.82 Å². The summed E-state index contributed by atoms with van der Waals surface area (Å²) in [4.78, 5) is 9.32. The normalized spacial score (nSPS) is 16.2. The smallest absolute Gasteiger partial charge is 0.211 e. The van der Waals surface area contributed by atoms with Crippen molar-refractivity contribution in [1.29, 1.82) is 0 Å². The molecular formula is C22H31N5O4S. The molecule has 1 aromatic carbocycles. The number of piperidine rings is 1. The molecule has 1 aliphatic heterocycles. The van der Waals surface area contributed by atoms with Crippen LogP contribution >= 0.6 is 0 Å². The number of hydrogen-bond donors (Lipinski definition) is 1. The standard InChI is InChI=1S/C22H31N5O4S/c1-4-10-27-19(14-30-5-2)25-20-21(27)17-7-6-16(13-18(17)24-22(20)23)31-15-8-11-26(12-9-15)32(3,28)29/h6-7,13,15H,4-5,8-12,14H2,1-3H3,(H2,23,24). The fourth-order valence-corrected chi connectivity index (χ4v) is 5.13. The van der Waals surface area contributed by atoms with Gasteiger partial charge in [-0.3, -0.25) is 0 Å². The third kappa shape index (κ3) is 4.53. The highest BCUT2D eigenvalue weighted by atomic mass is 32.2. The molecular weight excluding hydrogens is 430 g/mol. The van der Waals surface area contributed by atoms with E-state index in [0.717, 1.165) is 35.2 Å². The predicted molar refractivity (Wildman–Crippen MR) is 125 cm³/mol. The minimum Gasteiger partial charge on any atom is -0.490 e. The fourth-order valence-electron chi connectivity index (χ4n) is 4.25. The summed E-state index contributed by atoms with van der Waals surface area (Å²) in [5.41, 5.74) is 8.71. The molecule has 0 saturated carbocycles. The van der Waals surface area contributed by atoms with Crippen LogP contribution in [0.3, 0.4) is 0 Å². The van der Waals surface area contributed by atoms with E-state index in [1.165, 1.54) is 10.6 Å². The molecule has 1 fully saturated rings. The van der Waals surface area contributed by atoms with Gasteiger partial charge in [0.2, 0.25) is 10.0 Å². The van der Waals surface area contributed by atoms with Gasteiger partial charge in [0.25, 0.3) is 0 Å². The summed E-state index contributed by atoms with van der Waals surface area (Å²) < 4.78 is 38.9. The largest absolute Gasteiger partial charge is 0.490 e. The second-order valence-electron chi connectivity index (χ2n) is 8.17. The minimum absolute atomic E-state index is 0.0325. The zero-order chi connectivity index (χ0) is 22.9. The zero-order valence-corrected chi connectivity index (χ0v) is 19.7. The fraction of sp³-hybridized carbons (Fsp3) is 0.545. The van der Waals surface area contributed by atoms with Crippen molar-refractivity contribution in [2.75, 3.05) is 31.7 Å². The van der Waals surface area contributed by atoms with Crippen LogP contribution in [0.15, 0.2) is 18.2 Å². The van der Waals surface area contributed by atoms with Crippen molar-refractivity contribution < 1.29 is 17.9 Å². The summed E-state index contributed by atoms with van der Waals surface area (Å²) in [5.74, 6) is 1.94. The second kappa shape index (κ2) is 9.21. The van der Waals surface area contributed by atoms with Crippen molar-refractivity contribution in [2.24, 2.45) is 0 Å². The molecule has 0 bridgehead atoms. The lowest BCUT2D eigenvalue weighted by atomic mass is 10.1. The van der Waals surface area contributed by atoms with E-state index in [1.54, 1.807) is 0 Å². The summed E-state index contributed by atoms with van der Waals surface area (Å²) in [6.45, 7) is 6.90. The van der Waals surface area contributed by atoms with Crippen LogP contribution in [0, 0.1) is 0 Å². The third-order valence-electron chi connectivity index (χ3n) is 5.81. The third-order valence-corrected chi connectivity index (χ3v) is 7.11. The average Bonchev–Trinajstić information content (AvgIpc) is 3.11. The summed E-state index contributed by atoms with van der Waals surface area (Å²) >= 11 is 0. The summed E-state index contributed by atoms with van der Waals surface area (Å²) in [6.07, 6.45) is 3.49. The Kier molecular flexibility index (Phi) is 6.55. The van der Waals surface area contributed by atoms with E-state index in [0.29, 0.717) is 56.2 Å². The molecule has 32 heavy (non-hydrogen) atoms. The molecule has 3 heterocycles. The lowest BCUT2D eigenvalue weighted by molar-refractivity contribution is 0.126. The van der Waals surface area contributed by atoms with Crippen molar-refractivity contribution in [3.8, 4) is 5.75 Å². The van der Waals surface area contributed by atoms with Crippen LogP contribution < -0.4 is 10.5 Å². The van der Waals surface area contributed by atoms with Crippen LogP contribution in [0.1, 0.15) is 38.9 Å². The Morgan fingerprint density at radius 1 is 1.19 bits per heavy atom. The van der Waals surface area contributed by atoms with Gasteiger partial charge >= 0.3 is 0 Å². The first-order valence-electron chi connectivity index (χ1n) is 11.1. The second-order valence-corrected chi connectivity index (χ2v) is 10.2. The number of hydrogen-bond acceptors (Lipinski definition) is 7. The summed E-state index contributed by atoms with van der Waals surface area (Å²) in [6, 6.07) is 5.84. The van der Waals surface area contributed by atoms with Gasteiger partial charge in [0, 0.05) is 37.7 Å². The Bertz CT molecular complexity index is 1220. The minimum atomic E-state index is -3.15. The molecule has 0 atom stereocenters. The van der Waals surface area contributed by atoms with E-state index >= 15 is 0 Å². The van der Waals surface area contributed by atoms with E-state index in [1.807, 2.05) is 25.1 Å². The number of benzene rings is 1. The van der Waals surface area contributed by atoms with Crippen LogP contribution in [0.2, 0.25) is 0 Å².